The number of aryl methyl sites for hydroxylation is 1. The molecule has 166 valence electrons. The Kier molecular flexibility index (Phi) is 6.33. The van der Waals surface area contributed by atoms with Gasteiger partial charge in [-0.3, -0.25) is 14.4 Å². The Balaban J connectivity index is 1.54. The second kappa shape index (κ2) is 9.17. The van der Waals surface area contributed by atoms with Crippen LogP contribution in [0.25, 0.3) is 0 Å². The van der Waals surface area contributed by atoms with Crippen molar-refractivity contribution in [1.29, 1.82) is 0 Å². The number of anilines is 2. The molecule has 4 rings (SSSR count). The lowest BCUT2D eigenvalue weighted by Gasteiger charge is -2.31. The molecule has 1 saturated carbocycles. The van der Waals surface area contributed by atoms with Gasteiger partial charge < -0.3 is 10.2 Å². The molecule has 1 heterocycles. The lowest BCUT2D eigenvalue weighted by molar-refractivity contribution is -0.120. The number of benzene rings is 2. The van der Waals surface area contributed by atoms with Crippen LogP contribution < -0.4 is 10.2 Å². The molecule has 1 N–H and O–H groups in total. The van der Waals surface area contributed by atoms with Crippen molar-refractivity contribution in [3.8, 4) is 0 Å². The van der Waals surface area contributed by atoms with Gasteiger partial charge in [0, 0.05) is 24.3 Å². The average Bonchev–Trinajstić information content (AvgIpc) is 3.02. The summed E-state index contributed by atoms with van der Waals surface area (Å²) in [6.07, 6.45) is 5.55. The van der Waals surface area contributed by atoms with Gasteiger partial charge in [-0.05, 0) is 49.6 Å². The second-order valence-corrected chi connectivity index (χ2v) is 8.71. The van der Waals surface area contributed by atoms with Gasteiger partial charge in [0.2, 0.25) is 0 Å². The first-order valence-corrected chi connectivity index (χ1v) is 11.2. The van der Waals surface area contributed by atoms with Crippen molar-refractivity contribution in [3.63, 3.8) is 0 Å². The Morgan fingerprint density at radius 1 is 1.03 bits per heavy atom. The van der Waals surface area contributed by atoms with E-state index in [1.54, 1.807) is 36.4 Å². The highest BCUT2D eigenvalue weighted by atomic mass is 35.5. The molecule has 2 aromatic carbocycles. The third kappa shape index (κ3) is 4.15. The van der Waals surface area contributed by atoms with Gasteiger partial charge in [-0.2, -0.15) is 0 Å². The van der Waals surface area contributed by atoms with E-state index in [1.165, 1.54) is 6.42 Å². The maximum absolute atomic E-state index is 13.0. The molecule has 2 aliphatic rings. The molecule has 1 aliphatic carbocycles. The lowest BCUT2D eigenvalue weighted by atomic mass is 9.94. The summed E-state index contributed by atoms with van der Waals surface area (Å²) in [5, 5.41) is 2.80. The van der Waals surface area contributed by atoms with E-state index in [0.717, 1.165) is 36.1 Å². The minimum atomic E-state index is -0.572. The van der Waals surface area contributed by atoms with Crippen LogP contribution in [0.1, 0.15) is 48.0 Å². The summed E-state index contributed by atoms with van der Waals surface area (Å²) in [5.41, 5.74) is 2.33. The van der Waals surface area contributed by atoms with Crippen LogP contribution >= 0.6 is 11.6 Å². The zero-order chi connectivity index (χ0) is 22.8. The third-order valence-electron chi connectivity index (χ3n) is 6.21. The fraction of sp³-hybridized carbons (Fsp3) is 0.320. The summed E-state index contributed by atoms with van der Waals surface area (Å²) in [6, 6.07) is 14.3. The van der Waals surface area contributed by atoms with Crippen molar-refractivity contribution in [1.82, 2.24) is 4.90 Å². The third-order valence-corrected chi connectivity index (χ3v) is 6.56. The van der Waals surface area contributed by atoms with E-state index in [0.29, 0.717) is 16.9 Å². The van der Waals surface area contributed by atoms with Gasteiger partial charge in [-0.1, -0.05) is 55.1 Å². The van der Waals surface area contributed by atoms with Crippen molar-refractivity contribution in [2.45, 2.75) is 45.1 Å². The molecular weight excluding hydrogens is 426 g/mol. The molecule has 2 aromatic rings. The predicted octanol–water partition coefficient (Wildman–Crippen LogP) is 4.84. The Morgan fingerprint density at radius 3 is 2.47 bits per heavy atom. The summed E-state index contributed by atoms with van der Waals surface area (Å²) >= 11 is 6.25. The number of hydrogen-bond acceptors (Lipinski definition) is 4. The van der Waals surface area contributed by atoms with E-state index in [4.69, 9.17) is 11.6 Å². The molecule has 7 heteroatoms. The molecule has 1 fully saturated rings. The van der Waals surface area contributed by atoms with Crippen molar-refractivity contribution < 1.29 is 14.4 Å². The van der Waals surface area contributed by atoms with Crippen LogP contribution in [0.3, 0.4) is 0 Å². The van der Waals surface area contributed by atoms with Crippen LogP contribution in [0.4, 0.5) is 11.4 Å². The SMILES string of the molecule is Cc1ccccc1N1C(=O)C(Cl)=C(Nc2cccc(C(=O)N(C)C3CCCCC3)c2)C1=O. The molecule has 3 amide bonds. The number of halogens is 1. The van der Waals surface area contributed by atoms with Crippen LogP contribution in [-0.4, -0.2) is 35.7 Å². The zero-order valence-electron chi connectivity index (χ0n) is 18.2. The molecule has 0 bridgehead atoms. The van der Waals surface area contributed by atoms with Gasteiger partial charge in [0.05, 0.1) is 5.69 Å². The molecule has 0 spiro atoms. The molecule has 6 nitrogen and oxygen atoms in total. The normalized spacial score (nSPS) is 17.2. The molecule has 0 aromatic heterocycles. The first kappa shape index (κ1) is 22.1. The van der Waals surface area contributed by atoms with Gasteiger partial charge in [-0.15, -0.1) is 0 Å². The van der Waals surface area contributed by atoms with Crippen molar-refractivity contribution in [3.05, 3.63) is 70.4 Å². The molecule has 1 aliphatic heterocycles. The maximum atomic E-state index is 13.0. The van der Waals surface area contributed by atoms with Crippen molar-refractivity contribution in [2.75, 3.05) is 17.3 Å². The van der Waals surface area contributed by atoms with Gasteiger partial charge in [-0.25, -0.2) is 4.90 Å². The second-order valence-electron chi connectivity index (χ2n) is 8.33. The number of amides is 3. The summed E-state index contributed by atoms with van der Waals surface area (Å²) in [5.74, 6) is -1.15. The van der Waals surface area contributed by atoms with E-state index in [9.17, 15) is 14.4 Å². The molecule has 0 saturated heterocycles. The van der Waals surface area contributed by atoms with Crippen molar-refractivity contribution >= 4 is 40.7 Å². The Morgan fingerprint density at radius 2 is 1.75 bits per heavy atom. The highest BCUT2D eigenvalue weighted by molar-refractivity contribution is 6.53. The quantitative estimate of drug-likeness (QED) is 0.660. The van der Waals surface area contributed by atoms with Crippen molar-refractivity contribution in [2.24, 2.45) is 0 Å². The number of nitrogens with one attached hydrogen (secondary N) is 1. The minimum absolute atomic E-state index is 0.00477. The van der Waals surface area contributed by atoms with E-state index in [2.05, 4.69) is 5.32 Å². The topological polar surface area (TPSA) is 69.7 Å². The first-order valence-electron chi connectivity index (χ1n) is 10.9. The number of para-hydroxylation sites is 1. The van der Waals surface area contributed by atoms with Gasteiger partial charge in [0.1, 0.15) is 10.7 Å². The van der Waals surface area contributed by atoms with Gasteiger partial charge >= 0.3 is 0 Å². The van der Waals surface area contributed by atoms with E-state index in [-0.39, 0.29) is 22.7 Å². The van der Waals surface area contributed by atoms with Crippen LogP contribution in [0.15, 0.2) is 59.3 Å². The van der Waals surface area contributed by atoms with Gasteiger partial charge in [0.25, 0.3) is 17.7 Å². The van der Waals surface area contributed by atoms with Crippen LogP contribution in [0.5, 0.6) is 0 Å². The molecule has 0 radical (unpaired) electrons. The van der Waals surface area contributed by atoms with Crippen LogP contribution in [0, 0.1) is 6.92 Å². The standard InChI is InChI=1S/C25H26ClN3O3/c1-16-9-6-7-14-20(16)29-24(31)21(26)22(25(29)32)27-18-11-8-10-17(15-18)23(30)28(2)19-12-4-3-5-13-19/h6-11,14-15,19,27H,3-5,12-13H2,1-2H3. The highest BCUT2D eigenvalue weighted by Crippen LogP contribution is 2.32. The van der Waals surface area contributed by atoms with Crippen LogP contribution in [-0.2, 0) is 9.59 Å². The Labute approximate surface area is 192 Å². The molecular formula is C25H26ClN3O3. The number of nitrogens with zero attached hydrogens (tertiary/aromatic N) is 2. The highest BCUT2D eigenvalue weighted by Gasteiger charge is 2.39. The summed E-state index contributed by atoms with van der Waals surface area (Å²) in [4.78, 5) is 41.7. The minimum Gasteiger partial charge on any atom is -0.350 e. The smallest absolute Gasteiger partial charge is 0.283 e. The van der Waals surface area contributed by atoms with E-state index < -0.39 is 11.8 Å². The molecule has 32 heavy (non-hydrogen) atoms. The number of carbonyl (C=O) groups is 3. The number of imide groups is 1. The van der Waals surface area contributed by atoms with Crippen LogP contribution in [0.2, 0.25) is 0 Å². The largest absolute Gasteiger partial charge is 0.350 e. The van der Waals surface area contributed by atoms with E-state index >= 15 is 0 Å². The first-order chi connectivity index (χ1) is 15.4. The maximum Gasteiger partial charge on any atom is 0.283 e. The number of rotatable bonds is 5. The number of hydrogen-bond donors (Lipinski definition) is 1. The predicted molar refractivity (Wildman–Crippen MR) is 126 cm³/mol. The zero-order valence-corrected chi connectivity index (χ0v) is 19.0. The average molecular weight is 452 g/mol. The monoisotopic (exact) mass is 451 g/mol. The molecule has 0 atom stereocenters. The molecule has 0 unspecified atom stereocenters. The Bertz CT molecular complexity index is 1110. The summed E-state index contributed by atoms with van der Waals surface area (Å²) in [6.45, 7) is 1.83. The fourth-order valence-corrected chi connectivity index (χ4v) is 4.57. The fourth-order valence-electron chi connectivity index (χ4n) is 4.36. The Hall–Kier alpha value is -3.12. The summed E-state index contributed by atoms with van der Waals surface area (Å²) in [7, 11) is 1.84. The summed E-state index contributed by atoms with van der Waals surface area (Å²) < 4.78 is 0. The van der Waals surface area contributed by atoms with Gasteiger partial charge in [0.15, 0.2) is 0 Å². The van der Waals surface area contributed by atoms with E-state index in [1.807, 2.05) is 31.0 Å². The lowest BCUT2D eigenvalue weighted by Crippen LogP contribution is -2.38. The number of carbonyl (C=O) groups excluding carboxylic acids is 3.